The van der Waals surface area contributed by atoms with Crippen molar-refractivity contribution >= 4 is 6.03 Å². The number of fused-ring (bicyclic) bond motifs is 1. The lowest BCUT2D eigenvalue weighted by atomic mass is 9.85. The van der Waals surface area contributed by atoms with Crippen LogP contribution in [0.1, 0.15) is 56.2 Å². The van der Waals surface area contributed by atoms with Crippen molar-refractivity contribution in [3.05, 3.63) is 29.3 Å². The topological polar surface area (TPSA) is 45.2 Å². The fourth-order valence-corrected chi connectivity index (χ4v) is 5.42. The number of nitrogens with zero attached hydrogens (tertiary/aromatic N) is 3. The first-order chi connectivity index (χ1) is 14.7. The van der Waals surface area contributed by atoms with E-state index in [4.69, 9.17) is 9.47 Å². The summed E-state index contributed by atoms with van der Waals surface area (Å²) in [6.45, 7) is 7.89. The molecule has 1 aliphatic carbocycles. The summed E-state index contributed by atoms with van der Waals surface area (Å²) >= 11 is 0. The van der Waals surface area contributed by atoms with Crippen molar-refractivity contribution in [1.29, 1.82) is 0 Å². The molecule has 0 radical (unpaired) electrons. The summed E-state index contributed by atoms with van der Waals surface area (Å²) in [6, 6.07) is 7.83. The summed E-state index contributed by atoms with van der Waals surface area (Å²) in [5, 5.41) is 0. The molecule has 1 atom stereocenters. The predicted octanol–water partition coefficient (Wildman–Crippen LogP) is 3.70. The largest absolute Gasteiger partial charge is 0.497 e. The van der Waals surface area contributed by atoms with E-state index in [-0.39, 0.29) is 6.03 Å². The first-order valence-corrected chi connectivity index (χ1v) is 11.8. The molecule has 3 aliphatic rings. The number of carbonyl (C=O) groups excluding carboxylic acids is 1. The molecule has 2 fully saturated rings. The number of hydrogen-bond donors (Lipinski definition) is 0. The van der Waals surface area contributed by atoms with E-state index in [1.165, 1.54) is 30.4 Å². The van der Waals surface area contributed by atoms with Crippen molar-refractivity contribution < 1.29 is 14.3 Å². The van der Waals surface area contributed by atoms with Gasteiger partial charge in [0.15, 0.2) is 0 Å². The van der Waals surface area contributed by atoms with Crippen molar-refractivity contribution in [3.8, 4) is 5.75 Å². The van der Waals surface area contributed by atoms with Gasteiger partial charge in [0, 0.05) is 38.3 Å². The Kier molecular flexibility index (Phi) is 7.16. The highest BCUT2D eigenvalue weighted by atomic mass is 16.5. The van der Waals surface area contributed by atoms with Gasteiger partial charge in [-0.1, -0.05) is 13.0 Å². The Morgan fingerprint density at radius 1 is 1.13 bits per heavy atom. The van der Waals surface area contributed by atoms with Gasteiger partial charge in [0.2, 0.25) is 0 Å². The summed E-state index contributed by atoms with van der Waals surface area (Å²) in [7, 11) is 1.75. The van der Waals surface area contributed by atoms with Gasteiger partial charge < -0.3 is 19.3 Å². The Bertz CT molecular complexity index is 712. The van der Waals surface area contributed by atoms with E-state index in [0.717, 1.165) is 57.7 Å². The van der Waals surface area contributed by atoms with E-state index >= 15 is 0 Å². The maximum atomic E-state index is 12.9. The van der Waals surface area contributed by atoms with Crippen LogP contribution in [0.2, 0.25) is 0 Å². The van der Waals surface area contributed by atoms with E-state index < -0.39 is 0 Å². The van der Waals surface area contributed by atoms with Crippen LogP contribution in [0.15, 0.2) is 18.2 Å². The minimum Gasteiger partial charge on any atom is -0.497 e. The van der Waals surface area contributed by atoms with Crippen molar-refractivity contribution in [2.24, 2.45) is 0 Å². The van der Waals surface area contributed by atoms with Crippen LogP contribution in [-0.2, 0) is 11.2 Å². The standard InChI is InChI=1S/C24H37N3O3/c1-3-11-27(23-6-4-5-19-7-8-21(29-2)18-22(19)23)20-9-12-25(13-10-20)24(28)26-14-16-30-17-15-26/h7-8,18,20,23H,3-6,9-17H2,1-2H3. The number of amides is 2. The lowest BCUT2D eigenvalue weighted by molar-refractivity contribution is 0.0326. The molecule has 0 saturated carbocycles. The fraction of sp³-hybridized carbons (Fsp3) is 0.708. The van der Waals surface area contributed by atoms with Gasteiger partial charge >= 0.3 is 6.03 Å². The number of methoxy groups -OCH3 is 1. The number of aryl methyl sites for hydroxylation is 1. The molecule has 1 aromatic rings. The van der Waals surface area contributed by atoms with Gasteiger partial charge in [-0.2, -0.15) is 0 Å². The van der Waals surface area contributed by atoms with Gasteiger partial charge in [0.05, 0.1) is 20.3 Å². The zero-order valence-electron chi connectivity index (χ0n) is 18.6. The van der Waals surface area contributed by atoms with Crippen LogP contribution >= 0.6 is 0 Å². The Labute approximate surface area is 181 Å². The van der Waals surface area contributed by atoms with Crippen LogP contribution in [0.4, 0.5) is 4.79 Å². The molecule has 166 valence electrons. The second kappa shape index (κ2) is 10.0. The van der Waals surface area contributed by atoms with Crippen LogP contribution in [0.3, 0.4) is 0 Å². The maximum Gasteiger partial charge on any atom is 0.320 e. The molecule has 0 bridgehead atoms. The molecule has 2 heterocycles. The third-order valence-corrected chi connectivity index (χ3v) is 7.00. The molecule has 1 aromatic carbocycles. The lowest BCUT2D eigenvalue weighted by Gasteiger charge is -2.45. The minimum absolute atomic E-state index is 0.200. The summed E-state index contributed by atoms with van der Waals surface area (Å²) < 4.78 is 10.9. The number of hydrogen-bond acceptors (Lipinski definition) is 4. The highest BCUT2D eigenvalue weighted by Gasteiger charge is 2.34. The summed E-state index contributed by atoms with van der Waals surface area (Å²) in [4.78, 5) is 19.6. The van der Waals surface area contributed by atoms with Crippen LogP contribution in [-0.4, -0.2) is 79.8 Å². The summed E-state index contributed by atoms with van der Waals surface area (Å²) in [6.07, 6.45) is 6.91. The molecular formula is C24H37N3O3. The SMILES string of the molecule is CCCN(C1CCN(C(=O)N2CCOCC2)CC1)C1CCCc2ccc(OC)cc21. The minimum atomic E-state index is 0.200. The molecule has 6 heteroatoms. The first-order valence-electron chi connectivity index (χ1n) is 11.8. The Balaban J connectivity index is 1.44. The lowest BCUT2D eigenvalue weighted by Crippen LogP contribution is -2.53. The number of benzene rings is 1. The van der Waals surface area contributed by atoms with Gasteiger partial charge in [-0.3, -0.25) is 4.90 Å². The summed E-state index contributed by atoms with van der Waals surface area (Å²) in [5.41, 5.74) is 2.94. The number of piperidine rings is 1. The quantitative estimate of drug-likeness (QED) is 0.736. The predicted molar refractivity (Wildman–Crippen MR) is 118 cm³/mol. The first kappa shape index (κ1) is 21.4. The highest BCUT2D eigenvalue weighted by molar-refractivity contribution is 5.74. The van der Waals surface area contributed by atoms with Gasteiger partial charge in [0.1, 0.15) is 5.75 Å². The Morgan fingerprint density at radius 3 is 2.57 bits per heavy atom. The van der Waals surface area contributed by atoms with E-state index in [1.807, 2.05) is 4.90 Å². The monoisotopic (exact) mass is 415 g/mol. The molecule has 2 aliphatic heterocycles. The number of morpholine rings is 1. The fourth-order valence-electron chi connectivity index (χ4n) is 5.42. The molecule has 0 aromatic heterocycles. The maximum absolute atomic E-state index is 12.9. The van der Waals surface area contributed by atoms with Crippen LogP contribution < -0.4 is 4.74 Å². The third-order valence-electron chi connectivity index (χ3n) is 7.00. The van der Waals surface area contributed by atoms with Crippen molar-refractivity contribution in [3.63, 3.8) is 0 Å². The summed E-state index contributed by atoms with van der Waals surface area (Å²) in [5.74, 6) is 0.961. The van der Waals surface area contributed by atoms with E-state index in [0.29, 0.717) is 25.3 Å². The molecule has 0 spiro atoms. The van der Waals surface area contributed by atoms with Gasteiger partial charge in [-0.25, -0.2) is 4.79 Å². The Morgan fingerprint density at radius 2 is 1.87 bits per heavy atom. The zero-order valence-corrected chi connectivity index (χ0v) is 18.6. The molecule has 2 saturated heterocycles. The number of likely N-dealkylation sites (tertiary alicyclic amines) is 1. The van der Waals surface area contributed by atoms with Crippen LogP contribution in [0, 0.1) is 0 Å². The van der Waals surface area contributed by atoms with E-state index in [9.17, 15) is 4.79 Å². The molecule has 30 heavy (non-hydrogen) atoms. The molecule has 1 unspecified atom stereocenters. The normalized spacial score (nSPS) is 22.8. The molecule has 2 amide bonds. The van der Waals surface area contributed by atoms with E-state index in [1.54, 1.807) is 7.11 Å². The third kappa shape index (κ3) is 4.59. The van der Waals surface area contributed by atoms with Crippen molar-refractivity contribution in [2.45, 2.75) is 57.5 Å². The Hall–Kier alpha value is -1.79. The molecular weight excluding hydrogens is 378 g/mol. The second-order valence-electron chi connectivity index (χ2n) is 8.81. The van der Waals surface area contributed by atoms with Crippen molar-refractivity contribution in [2.75, 3.05) is 53.0 Å². The number of rotatable bonds is 5. The van der Waals surface area contributed by atoms with E-state index in [2.05, 4.69) is 34.9 Å². The molecule has 6 nitrogen and oxygen atoms in total. The van der Waals surface area contributed by atoms with Crippen LogP contribution in [0.25, 0.3) is 0 Å². The van der Waals surface area contributed by atoms with Crippen molar-refractivity contribution in [1.82, 2.24) is 14.7 Å². The molecule has 4 rings (SSSR count). The number of ether oxygens (including phenoxy) is 2. The molecule has 0 N–H and O–H groups in total. The second-order valence-corrected chi connectivity index (χ2v) is 8.81. The average Bonchev–Trinajstić information content (AvgIpc) is 2.82. The average molecular weight is 416 g/mol. The van der Waals surface area contributed by atoms with Gasteiger partial charge in [0.25, 0.3) is 0 Å². The zero-order chi connectivity index (χ0) is 20.9. The van der Waals surface area contributed by atoms with Crippen LogP contribution in [0.5, 0.6) is 5.75 Å². The van der Waals surface area contributed by atoms with Gasteiger partial charge in [-0.15, -0.1) is 0 Å². The highest BCUT2D eigenvalue weighted by Crippen LogP contribution is 2.39. The smallest absolute Gasteiger partial charge is 0.320 e. The number of carbonyl (C=O) groups is 1. The van der Waals surface area contributed by atoms with Gasteiger partial charge in [-0.05, 0) is 68.3 Å². The number of urea groups is 1.